The lowest BCUT2D eigenvalue weighted by molar-refractivity contribution is 0.185. The topological polar surface area (TPSA) is 61.4 Å². The molecule has 1 aliphatic heterocycles. The molecule has 1 N–H and O–H groups in total. The van der Waals surface area contributed by atoms with Crippen LogP contribution in [0.25, 0.3) is 0 Å². The fourth-order valence-electron chi connectivity index (χ4n) is 3.64. The van der Waals surface area contributed by atoms with Crippen LogP contribution in [0.1, 0.15) is 23.9 Å². The van der Waals surface area contributed by atoms with Crippen molar-refractivity contribution in [3.63, 3.8) is 0 Å². The van der Waals surface area contributed by atoms with Gasteiger partial charge in [0.1, 0.15) is 5.82 Å². The van der Waals surface area contributed by atoms with Gasteiger partial charge in [-0.05, 0) is 49.9 Å². The summed E-state index contributed by atoms with van der Waals surface area (Å²) in [6, 6.07) is 16.5. The molecule has 1 fully saturated rings. The molecule has 1 aliphatic rings. The van der Waals surface area contributed by atoms with Crippen LogP contribution in [-0.2, 0) is 6.42 Å². The Labute approximate surface area is 191 Å². The Hall–Kier alpha value is -2.58. The normalized spacial score (nSPS) is 16.4. The van der Waals surface area contributed by atoms with E-state index in [9.17, 15) is 4.79 Å². The van der Waals surface area contributed by atoms with Crippen LogP contribution >= 0.6 is 23.3 Å². The van der Waals surface area contributed by atoms with E-state index in [-0.39, 0.29) is 12.1 Å². The summed E-state index contributed by atoms with van der Waals surface area (Å²) in [4.78, 5) is 22.8. The number of amides is 2. The van der Waals surface area contributed by atoms with Gasteiger partial charge in [-0.3, -0.25) is 0 Å². The van der Waals surface area contributed by atoms with Crippen molar-refractivity contribution in [3.8, 4) is 0 Å². The van der Waals surface area contributed by atoms with Crippen LogP contribution < -0.4 is 10.2 Å². The molecule has 31 heavy (non-hydrogen) atoms. The number of nitrogens with zero attached hydrogens (tertiary/aromatic N) is 4. The number of carbonyl (C=O) groups excluding carboxylic acids is 1. The molecule has 2 heterocycles. The largest absolute Gasteiger partial charge is 0.343 e. The summed E-state index contributed by atoms with van der Waals surface area (Å²) in [7, 11) is 0. The van der Waals surface area contributed by atoms with Crippen LogP contribution in [0.4, 0.5) is 15.6 Å². The third-order valence-electron chi connectivity index (χ3n) is 5.44. The predicted molar refractivity (Wildman–Crippen MR) is 130 cm³/mol. The van der Waals surface area contributed by atoms with Crippen LogP contribution in [0.15, 0.2) is 53.4 Å². The van der Waals surface area contributed by atoms with Gasteiger partial charge < -0.3 is 15.1 Å². The van der Waals surface area contributed by atoms with Gasteiger partial charge in [0, 0.05) is 54.2 Å². The second kappa shape index (κ2) is 9.70. The van der Waals surface area contributed by atoms with E-state index < -0.39 is 0 Å². The molecule has 0 saturated carbocycles. The van der Waals surface area contributed by atoms with Crippen molar-refractivity contribution < 1.29 is 4.79 Å². The Balaban J connectivity index is 1.33. The van der Waals surface area contributed by atoms with Gasteiger partial charge in [0.15, 0.2) is 0 Å². The highest BCUT2D eigenvalue weighted by molar-refractivity contribution is 7.98. The lowest BCUT2D eigenvalue weighted by Gasteiger charge is -2.39. The number of hydrogen-bond acceptors (Lipinski definition) is 6. The zero-order valence-corrected chi connectivity index (χ0v) is 19.7. The molecule has 1 saturated heterocycles. The van der Waals surface area contributed by atoms with Gasteiger partial charge >= 0.3 is 6.03 Å². The molecular formula is C23H27N5OS2. The number of anilines is 2. The highest BCUT2D eigenvalue weighted by Gasteiger charge is 2.29. The Morgan fingerprint density at radius 1 is 1.16 bits per heavy atom. The Kier molecular flexibility index (Phi) is 6.77. The van der Waals surface area contributed by atoms with Gasteiger partial charge in [-0.15, -0.1) is 11.8 Å². The van der Waals surface area contributed by atoms with E-state index in [1.54, 1.807) is 11.8 Å². The number of benzene rings is 2. The average molecular weight is 454 g/mol. The molecule has 0 spiro atoms. The molecule has 0 radical (unpaired) electrons. The van der Waals surface area contributed by atoms with Crippen molar-refractivity contribution in [2.45, 2.75) is 31.2 Å². The van der Waals surface area contributed by atoms with Gasteiger partial charge in [-0.25, -0.2) is 9.78 Å². The van der Waals surface area contributed by atoms with Gasteiger partial charge in [0.05, 0.1) is 0 Å². The third kappa shape index (κ3) is 5.37. The van der Waals surface area contributed by atoms with E-state index in [1.807, 2.05) is 35.4 Å². The van der Waals surface area contributed by atoms with Crippen molar-refractivity contribution in [1.82, 2.24) is 14.3 Å². The Morgan fingerprint density at radius 2 is 1.90 bits per heavy atom. The van der Waals surface area contributed by atoms with Crippen molar-refractivity contribution in [1.29, 1.82) is 0 Å². The molecule has 3 aromatic rings. The van der Waals surface area contributed by atoms with Crippen molar-refractivity contribution in [2.24, 2.45) is 0 Å². The second-order valence-corrected chi connectivity index (χ2v) is 9.41. The molecule has 4 rings (SSSR count). The second-order valence-electron chi connectivity index (χ2n) is 7.80. The molecule has 1 aromatic heterocycles. The molecule has 8 heteroatoms. The summed E-state index contributed by atoms with van der Waals surface area (Å²) >= 11 is 3.13. The predicted octanol–water partition coefficient (Wildman–Crippen LogP) is 4.90. The quantitative estimate of drug-likeness (QED) is 0.557. The maximum absolute atomic E-state index is 12.8. The average Bonchev–Trinajstić information content (AvgIpc) is 3.24. The van der Waals surface area contributed by atoms with E-state index in [0.717, 1.165) is 36.2 Å². The Morgan fingerprint density at radius 3 is 2.58 bits per heavy atom. The van der Waals surface area contributed by atoms with E-state index in [0.29, 0.717) is 6.54 Å². The molecule has 0 bridgehead atoms. The van der Waals surface area contributed by atoms with E-state index in [1.165, 1.54) is 27.6 Å². The number of carbonyl (C=O) groups is 1. The number of thioether (sulfide) groups is 1. The molecule has 1 unspecified atom stereocenters. The summed E-state index contributed by atoms with van der Waals surface area (Å²) in [5, 5.41) is 3.95. The summed E-state index contributed by atoms with van der Waals surface area (Å²) in [5.74, 6) is 0.852. The molecular weight excluding hydrogens is 426 g/mol. The van der Waals surface area contributed by atoms with Crippen molar-refractivity contribution in [2.75, 3.05) is 36.1 Å². The fraction of sp³-hybridized carbons (Fsp3) is 0.348. The van der Waals surface area contributed by atoms with Crippen LogP contribution in [0, 0.1) is 6.92 Å². The number of hydrogen-bond donors (Lipinski definition) is 1. The van der Waals surface area contributed by atoms with E-state index in [2.05, 4.69) is 52.7 Å². The van der Waals surface area contributed by atoms with E-state index >= 15 is 0 Å². The molecule has 2 amide bonds. The number of urea groups is 1. The molecule has 2 aromatic carbocycles. The number of piperazine rings is 1. The third-order valence-corrected chi connectivity index (χ3v) is 7.00. The Bertz CT molecular complexity index is 1020. The van der Waals surface area contributed by atoms with Crippen molar-refractivity contribution >= 4 is 40.1 Å². The first-order valence-electron chi connectivity index (χ1n) is 10.4. The lowest BCUT2D eigenvalue weighted by atomic mass is 10.1. The van der Waals surface area contributed by atoms with Crippen LogP contribution in [0.5, 0.6) is 0 Å². The maximum Gasteiger partial charge on any atom is 0.322 e. The lowest BCUT2D eigenvalue weighted by Crippen LogP contribution is -2.55. The van der Waals surface area contributed by atoms with Crippen LogP contribution in [0.2, 0.25) is 0 Å². The van der Waals surface area contributed by atoms with Crippen molar-refractivity contribution in [3.05, 3.63) is 65.5 Å². The first-order chi connectivity index (χ1) is 15.0. The van der Waals surface area contributed by atoms with Gasteiger partial charge in [-0.1, -0.05) is 29.8 Å². The van der Waals surface area contributed by atoms with E-state index in [4.69, 9.17) is 4.98 Å². The highest BCUT2D eigenvalue weighted by atomic mass is 32.2. The highest BCUT2D eigenvalue weighted by Crippen LogP contribution is 2.23. The van der Waals surface area contributed by atoms with Gasteiger partial charge in [0.25, 0.3) is 0 Å². The summed E-state index contributed by atoms with van der Waals surface area (Å²) in [5.41, 5.74) is 3.29. The first kappa shape index (κ1) is 21.6. The smallest absolute Gasteiger partial charge is 0.322 e. The van der Waals surface area contributed by atoms with Crippen LogP contribution in [0.3, 0.4) is 0 Å². The molecule has 1 atom stereocenters. The zero-order chi connectivity index (χ0) is 21.8. The number of aryl methyl sites for hydroxylation is 1. The first-order valence-corrected chi connectivity index (χ1v) is 12.4. The standard InChI is InChI=1S/C23H27N5OS2/c1-16-4-6-18(7-5-16)14-21-25-23(31-26-21)27-12-13-28(17(2)15-27)22(29)24-19-8-10-20(30-3)11-9-19/h4-11,17H,12-15H2,1-3H3,(H,24,29). The number of rotatable bonds is 5. The molecule has 162 valence electrons. The monoisotopic (exact) mass is 453 g/mol. The number of nitrogens with one attached hydrogen (secondary N) is 1. The zero-order valence-electron chi connectivity index (χ0n) is 18.0. The fourth-order valence-corrected chi connectivity index (χ4v) is 4.76. The van der Waals surface area contributed by atoms with Crippen LogP contribution in [-0.4, -0.2) is 52.2 Å². The number of aromatic nitrogens is 2. The molecule has 6 nitrogen and oxygen atoms in total. The maximum atomic E-state index is 12.8. The SMILES string of the molecule is CSc1ccc(NC(=O)N2CCN(c3nc(Cc4ccc(C)cc4)ns3)CC2C)cc1. The minimum absolute atomic E-state index is 0.0543. The van der Waals surface area contributed by atoms with Gasteiger partial charge in [-0.2, -0.15) is 4.37 Å². The summed E-state index contributed by atoms with van der Waals surface area (Å²) in [6.07, 6.45) is 2.78. The molecule has 0 aliphatic carbocycles. The minimum atomic E-state index is -0.0543. The van der Waals surface area contributed by atoms with Gasteiger partial charge in [0.2, 0.25) is 5.13 Å². The summed E-state index contributed by atoms with van der Waals surface area (Å²) in [6.45, 7) is 6.32. The summed E-state index contributed by atoms with van der Waals surface area (Å²) < 4.78 is 4.55. The minimum Gasteiger partial charge on any atom is -0.343 e.